The lowest BCUT2D eigenvalue weighted by molar-refractivity contribution is -0.258. The van der Waals surface area contributed by atoms with E-state index in [0.717, 1.165) is 0 Å². The Morgan fingerprint density at radius 1 is 1.57 bits per heavy atom. The van der Waals surface area contributed by atoms with Gasteiger partial charge in [0.1, 0.15) is 12.7 Å². The molecule has 44 valence electrons. The van der Waals surface area contributed by atoms with Gasteiger partial charge >= 0.3 is 0 Å². The van der Waals surface area contributed by atoms with Crippen LogP contribution in [0.25, 0.3) is 0 Å². The standard InChI is InChI=1S/C3H8O4/c4-1-3(5)2-7-6/h3-6H,1-2H2. The van der Waals surface area contributed by atoms with Crippen LogP contribution >= 0.6 is 0 Å². The van der Waals surface area contributed by atoms with E-state index in [4.69, 9.17) is 15.5 Å². The third-order valence-corrected chi connectivity index (χ3v) is 0.478. The third-order valence-electron chi connectivity index (χ3n) is 0.478. The van der Waals surface area contributed by atoms with Crippen molar-refractivity contribution in [2.24, 2.45) is 0 Å². The van der Waals surface area contributed by atoms with Gasteiger partial charge in [0.25, 0.3) is 0 Å². The molecular weight excluding hydrogens is 100 g/mol. The SMILES string of the molecule is OCC(O)COO. The molecule has 0 aliphatic heterocycles. The maximum absolute atomic E-state index is 8.32. The predicted molar refractivity (Wildman–Crippen MR) is 21.7 cm³/mol. The Morgan fingerprint density at radius 3 is 2.29 bits per heavy atom. The fraction of sp³-hybridized carbons (Fsp3) is 1.00. The number of hydrogen-bond acceptors (Lipinski definition) is 4. The number of rotatable bonds is 3. The van der Waals surface area contributed by atoms with Crippen LogP contribution in [0.2, 0.25) is 0 Å². The predicted octanol–water partition coefficient (Wildman–Crippen LogP) is -1.17. The Hall–Kier alpha value is -0.160. The van der Waals surface area contributed by atoms with Crippen LogP contribution in [-0.2, 0) is 4.89 Å². The molecule has 0 aliphatic carbocycles. The maximum atomic E-state index is 8.32. The van der Waals surface area contributed by atoms with Crippen molar-refractivity contribution in [3.05, 3.63) is 0 Å². The van der Waals surface area contributed by atoms with Gasteiger partial charge in [0.15, 0.2) is 0 Å². The van der Waals surface area contributed by atoms with Crippen molar-refractivity contribution < 1.29 is 20.4 Å². The molecule has 0 saturated heterocycles. The summed E-state index contributed by atoms with van der Waals surface area (Å²) >= 11 is 0. The average molecular weight is 108 g/mol. The topological polar surface area (TPSA) is 69.9 Å². The summed E-state index contributed by atoms with van der Waals surface area (Å²) in [5.41, 5.74) is 0. The summed E-state index contributed by atoms with van der Waals surface area (Å²) in [4.78, 5) is 3.48. The van der Waals surface area contributed by atoms with Gasteiger partial charge in [0.05, 0.1) is 6.61 Å². The van der Waals surface area contributed by atoms with Crippen LogP contribution in [0.4, 0.5) is 0 Å². The first-order chi connectivity index (χ1) is 3.31. The van der Waals surface area contributed by atoms with Crippen LogP contribution in [-0.4, -0.2) is 34.8 Å². The lowest BCUT2D eigenvalue weighted by Gasteiger charge is -2.00. The van der Waals surface area contributed by atoms with Crippen molar-refractivity contribution in [3.63, 3.8) is 0 Å². The van der Waals surface area contributed by atoms with Crippen molar-refractivity contribution in [1.29, 1.82) is 0 Å². The molecule has 0 spiro atoms. The summed E-state index contributed by atoms with van der Waals surface area (Å²) < 4.78 is 0. The summed E-state index contributed by atoms with van der Waals surface area (Å²) in [6.45, 7) is -0.628. The van der Waals surface area contributed by atoms with E-state index in [-0.39, 0.29) is 13.2 Å². The number of aliphatic hydroxyl groups is 2. The van der Waals surface area contributed by atoms with Gasteiger partial charge in [-0.05, 0) is 0 Å². The zero-order chi connectivity index (χ0) is 5.70. The second-order valence-corrected chi connectivity index (χ2v) is 1.13. The molecule has 1 unspecified atom stereocenters. The molecular formula is C3H8O4. The molecule has 0 radical (unpaired) electrons. The molecule has 0 aromatic heterocycles. The largest absolute Gasteiger partial charge is 0.394 e. The first-order valence-corrected chi connectivity index (χ1v) is 1.86. The molecule has 4 nitrogen and oxygen atoms in total. The second kappa shape index (κ2) is 4.01. The van der Waals surface area contributed by atoms with Crippen LogP contribution in [0.3, 0.4) is 0 Å². The summed E-state index contributed by atoms with van der Waals surface area (Å²) in [5, 5.41) is 23.9. The van der Waals surface area contributed by atoms with Crippen LogP contribution in [0.5, 0.6) is 0 Å². The molecule has 0 amide bonds. The Labute approximate surface area is 40.9 Å². The van der Waals surface area contributed by atoms with Crippen molar-refractivity contribution in [2.75, 3.05) is 13.2 Å². The van der Waals surface area contributed by atoms with E-state index >= 15 is 0 Å². The van der Waals surface area contributed by atoms with Crippen LogP contribution in [0.15, 0.2) is 0 Å². The fourth-order valence-corrected chi connectivity index (χ4v) is 0.139. The summed E-state index contributed by atoms with van der Waals surface area (Å²) in [7, 11) is 0. The number of hydrogen-bond donors (Lipinski definition) is 3. The first-order valence-electron chi connectivity index (χ1n) is 1.86. The van der Waals surface area contributed by atoms with Crippen molar-refractivity contribution >= 4 is 0 Å². The van der Waals surface area contributed by atoms with E-state index in [2.05, 4.69) is 4.89 Å². The van der Waals surface area contributed by atoms with Crippen LogP contribution in [0, 0.1) is 0 Å². The van der Waals surface area contributed by atoms with E-state index < -0.39 is 6.10 Å². The highest BCUT2D eigenvalue weighted by Gasteiger charge is 1.98. The normalized spacial score (nSPS) is 14.1. The summed E-state index contributed by atoms with van der Waals surface area (Å²) in [6.07, 6.45) is -0.968. The lowest BCUT2D eigenvalue weighted by atomic mass is 10.4. The van der Waals surface area contributed by atoms with Gasteiger partial charge in [-0.2, -0.15) is 0 Å². The fourth-order valence-electron chi connectivity index (χ4n) is 0.139. The lowest BCUT2D eigenvalue weighted by Crippen LogP contribution is -2.17. The van der Waals surface area contributed by atoms with Gasteiger partial charge < -0.3 is 10.2 Å². The molecule has 0 heterocycles. The van der Waals surface area contributed by atoms with Gasteiger partial charge in [0.2, 0.25) is 0 Å². The highest BCUT2D eigenvalue weighted by atomic mass is 17.1. The van der Waals surface area contributed by atoms with E-state index in [1.807, 2.05) is 0 Å². The van der Waals surface area contributed by atoms with E-state index in [1.54, 1.807) is 0 Å². The molecule has 0 aromatic rings. The molecule has 0 fully saturated rings. The van der Waals surface area contributed by atoms with Gasteiger partial charge in [0, 0.05) is 0 Å². The van der Waals surface area contributed by atoms with Gasteiger partial charge in [-0.25, -0.2) is 4.89 Å². The molecule has 0 rings (SSSR count). The molecule has 0 saturated carbocycles. The molecule has 0 aliphatic rings. The van der Waals surface area contributed by atoms with E-state index in [0.29, 0.717) is 0 Å². The zero-order valence-corrected chi connectivity index (χ0v) is 3.74. The van der Waals surface area contributed by atoms with Crippen molar-refractivity contribution in [2.45, 2.75) is 6.10 Å². The Balaban J connectivity index is 2.83. The highest BCUT2D eigenvalue weighted by Crippen LogP contribution is 1.77. The third kappa shape index (κ3) is 3.68. The molecule has 1 atom stereocenters. The van der Waals surface area contributed by atoms with E-state index in [1.165, 1.54) is 0 Å². The Morgan fingerprint density at radius 2 is 2.14 bits per heavy atom. The molecule has 7 heavy (non-hydrogen) atoms. The minimum absolute atomic E-state index is 0.240. The molecule has 3 N–H and O–H groups in total. The minimum atomic E-state index is -0.968. The van der Waals surface area contributed by atoms with Crippen molar-refractivity contribution in [3.8, 4) is 0 Å². The quantitative estimate of drug-likeness (QED) is 0.314. The summed E-state index contributed by atoms with van der Waals surface area (Å²) in [6, 6.07) is 0. The zero-order valence-electron chi connectivity index (χ0n) is 3.74. The van der Waals surface area contributed by atoms with Crippen LogP contribution in [0.1, 0.15) is 0 Å². The molecule has 0 aromatic carbocycles. The Bertz CT molecular complexity index is 37.9. The second-order valence-electron chi connectivity index (χ2n) is 1.13. The smallest absolute Gasteiger partial charge is 0.110 e. The highest BCUT2D eigenvalue weighted by molar-refractivity contribution is 4.45. The molecule has 0 bridgehead atoms. The van der Waals surface area contributed by atoms with Gasteiger partial charge in [-0.3, -0.25) is 5.26 Å². The van der Waals surface area contributed by atoms with Gasteiger partial charge in [-0.1, -0.05) is 0 Å². The number of aliphatic hydroxyl groups excluding tert-OH is 2. The minimum Gasteiger partial charge on any atom is -0.394 e. The summed E-state index contributed by atoms with van der Waals surface area (Å²) in [5.74, 6) is 0. The Kier molecular flexibility index (Phi) is 3.92. The monoisotopic (exact) mass is 108 g/mol. The molecule has 4 heteroatoms. The maximum Gasteiger partial charge on any atom is 0.110 e. The van der Waals surface area contributed by atoms with Gasteiger partial charge in [-0.15, -0.1) is 0 Å². The van der Waals surface area contributed by atoms with E-state index in [9.17, 15) is 0 Å². The van der Waals surface area contributed by atoms with Crippen LogP contribution < -0.4 is 0 Å². The first kappa shape index (κ1) is 6.84. The van der Waals surface area contributed by atoms with Crippen molar-refractivity contribution in [1.82, 2.24) is 0 Å². The average Bonchev–Trinajstić information content (AvgIpc) is 1.68.